The number of ketones is 1. The predicted octanol–water partition coefficient (Wildman–Crippen LogP) is 3.02. The molecule has 1 aliphatic heterocycles. The Morgan fingerprint density at radius 3 is 2.33 bits per heavy atom. The molecule has 27 heavy (non-hydrogen) atoms. The first-order valence-electron chi connectivity index (χ1n) is 8.53. The lowest BCUT2D eigenvalue weighted by Gasteiger charge is -2.20. The number of fused-ring (bicyclic) bond motifs is 1. The number of hydrogen-bond donors (Lipinski definition) is 1. The largest absolute Gasteiger partial charge is 0.497 e. The van der Waals surface area contributed by atoms with Crippen LogP contribution in [0, 0.1) is 5.92 Å². The summed E-state index contributed by atoms with van der Waals surface area (Å²) in [6.45, 7) is 0. The van der Waals surface area contributed by atoms with Gasteiger partial charge >= 0.3 is 0 Å². The van der Waals surface area contributed by atoms with Crippen molar-refractivity contribution in [1.29, 1.82) is 0 Å². The van der Waals surface area contributed by atoms with E-state index in [4.69, 9.17) is 18.9 Å². The number of carbonyl (C=O) groups excluding carboxylic acids is 1. The second-order valence-corrected chi connectivity index (χ2v) is 6.11. The summed E-state index contributed by atoms with van der Waals surface area (Å²) in [6.07, 6.45) is 11.4. The van der Waals surface area contributed by atoms with Crippen molar-refractivity contribution in [3.05, 3.63) is 65.6 Å². The molecular weight excluding hydrogens is 346 g/mol. The average molecular weight is 369 g/mol. The molecule has 3 rings (SSSR count). The summed E-state index contributed by atoms with van der Waals surface area (Å²) in [6, 6.07) is 3.43. The number of carbonyl (C=O) groups is 1. The van der Waals surface area contributed by atoms with Crippen molar-refractivity contribution in [2.75, 3.05) is 28.4 Å². The molecule has 0 bridgehead atoms. The molecular formula is C21H23NO5. The highest BCUT2D eigenvalue weighted by Crippen LogP contribution is 2.38. The summed E-state index contributed by atoms with van der Waals surface area (Å²) in [5.74, 6) is 2.21. The third-order valence-corrected chi connectivity index (χ3v) is 4.64. The van der Waals surface area contributed by atoms with Crippen LogP contribution >= 0.6 is 0 Å². The quantitative estimate of drug-likeness (QED) is 0.589. The molecule has 0 aromatic heterocycles. The van der Waals surface area contributed by atoms with Gasteiger partial charge in [-0.1, -0.05) is 12.2 Å². The molecule has 0 saturated heterocycles. The lowest BCUT2D eigenvalue weighted by Crippen LogP contribution is -2.26. The fourth-order valence-corrected chi connectivity index (χ4v) is 3.20. The van der Waals surface area contributed by atoms with Gasteiger partial charge in [0.25, 0.3) is 0 Å². The summed E-state index contributed by atoms with van der Waals surface area (Å²) in [7, 11) is 6.22. The summed E-state index contributed by atoms with van der Waals surface area (Å²) in [5.41, 5.74) is 1.49. The molecule has 6 heteroatoms. The second kappa shape index (κ2) is 8.03. The van der Waals surface area contributed by atoms with Gasteiger partial charge < -0.3 is 24.3 Å². The van der Waals surface area contributed by atoms with Gasteiger partial charge in [0.15, 0.2) is 17.3 Å². The molecule has 0 amide bonds. The average Bonchev–Trinajstić information content (AvgIpc) is 3.12. The zero-order valence-electron chi connectivity index (χ0n) is 15.8. The van der Waals surface area contributed by atoms with Crippen molar-refractivity contribution in [2.24, 2.45) is 5.92 Å². The number of nitrogens with one attached hydrogen (secondary N) is 1. The lowest BCUT2D eigenvalue weighted by molar-refractivity contribution is 0.104. The zero-order valence-corrected chi connectivity index (χ0v) is 15.8. The molecule has 2 unspecified atom stereocenters. The van der Waals surface area contributed by atoms with E-state index in [1.165, 1.54) is 21.3 Å². The molecule has 0 spiro atoms. The van der Waals surface area contributed by atoms with Crippen LogP contribution in [0.15, 0.2) is 60.0 Å². The fraction of sp³-hybridized carbons (Fsp3) is 0.286. The van der Waals surface area contributed by atoms with Crippen LogP contribution in [0.4, 0.5) is 0 Å². The molecule has 0 fully saturated rings. The molecule has 1 heterocycles. The van der Waals surface area contributed by atoms with E-state index in [-0.39, 0.29) is 17.7 Å². The molecule has 0 radical (unpaired) electrons. The number of hydrogen-bond acceptors (Lipinski definition) is 6. The third-order valence-electron chi connectivity index (χ3n) is 4.64. The Bertz CT molecular complexity index is 825. The van der Waals surface area contributed by atoms with E-state index in [9.17, 15) is 4.79 Å². The first-order valence-corrected chi connectivity index (χ1v) is 8.53. The van der Waals surface area contributed by atoms with Crippen LogP contribution in [0.3, 0.4) is 0 Å². The minimum Gasteiger partial charge on any atom is -0.497 e. The van der Waals surface area contributed by atoms with Gasteiger partial charge in [-0.3, -0.25) is 4.79 Å². The highest BCUT2D eigenvalue weighted by atomic mass is 16.5. The Morgan fingerprint density at radius 2 is 1.74 bits per heavy atom. The summed E-state index contributed by atoms with van der Waals surface area (Å²) in [4.78, 5) is 12.7. The van der Waals surface area contributed by atoms with Gasteiger partial charge in [0.2, 0.25) is 5.75 Å². The molecule has 1 aliphatic carbocycles. The minimum atomic E-state index is -0.147. The molecule has 2 aliphatic rings. The van der Waals surface area contributed by atoms with Gasteiger partial charge in [-0.25, -0.2) is 0 Å². The molecule has 6 nitrogen and oxygen atoms in total. The SMILES string of the molecule is COC1=CC2NC=C(/C=C/C(=O)c3cc(OC)c(OC)c(OC)c3)C2C=C1. The number of methoxy groups -OCH3 is 4. The van der Waals surface area contributed by atoms with Crippen LogP contribution in [0.5, 0.6) is 17.2 Å². The number of rotatable bonds is 7. The Kier molecular flexibility index (Phi) is 5.54. The second-order valence-electron chi connectivity index (χ2n) is 6.11. The van der Waals surface area contributed by atoms with E-state index in [1.54, 1.807) is 25.3 Å². The number of ether oxygens (including phenoxy) is 4. The first-order chi connectivity index (χ1) is 13.1. The van der Waals surface area contributed by atoms with Gasteiger partial charge in [0.1, 0.15) is 5.76 Å². The third kappa shape index (κ3) is 3.69. The van der Waals surface area contributed by atoms with Crippen LogP contribution in [0.2, 0.25) is 0 Å². The Balaban J connectivity index is 1.78. The maximum Gasteiger partial charge on any atom is 0.203 e. The predicted molar refractivity (Wildman–Crippen MR) is 102 cm³/mol. The fourth-order valence-electron chi connectivity index (χ4n) is 3.20. The highest BCUT2D eigenvalue weighted by molar-refractivity contribution is 6.05. The normalized spacial score (nSPS) is 20.4. The molecule has 1 aromatic carbocycles. The van der Waals surface area contributed by atoms with E-state index in [2.05, 4.69) is 11.4 Å². The van der Waals surface area contributed by atoms with Gasteiger partial charge in [0, 0.05) is 17.7 Å². The Hall–Kier alpha value is -3.15. The number of benzene rings is 1. The maximum atomic E-state index is 12.7. The molecule has 0 saturated carbocycles. The number of allylic oxidation sites excluding steroid dienone is 3. The van der Waals surface area contributed by atoms with Crippen molar-refractivity contribution < 1.29 is 23.7 Å². The Labute approximate surface area is 158 Å². The van der Waals surface area contributed by atoms with Crippen LogP contribution in [0.25, 0.3) is 0 Å². The standard InChI is InChI=1S/C21H23NO5/c1-24-15-6-7-16-13(12-22-17(16)11-15)5-8-18(23)14-9-19(25-2)21(27-4)20(10-14)26-3/h5-12,16-17,22H,1-4H3/b8-5+. The van der Waals surface area contributed by atoms with Gasteiger partial charge in [-0.2, -0.15) is 0 Å². The molecule has 2 atom stereocenters. The maximum absolute atomic E-state index is 12.7. The first kappa shape index (κ1) is 18.6. The van der Waals surface area contributed by atoms with E-state index in [0.717, 1.165) is 11.3 Å². The van der Waals surface area contributed by atoms with Gasteiger partial charge in [-0.15, -0.1) is 0 Å². The molecule has 1 N–H and O–H groups in total. The van der Waals surface area contributed by atoms with Crippen molar-refractivity contribution >= 4 is 5.78 Å². The minimum absolute atomic E-state index is 0.140. The van der Waals surface area contributed by atoms with Crippen LogP contribution < -0.4 is 19.5 Å². The van der Waals surface area contributed by atoms with Crippen LogP contribution in [-0.2, 0) is 4.74 Å². The van der Waals surface area contributed by atoms with Crippen LogP contribution in [0.1, 0.15) is 10.4 Å². The van der Waals surface area contributed by atoms with E-state index >= 15 is 0 Å². The highest BCUT2D eigenvalue weighted by Gasteiger charge is 2.27. The molecule has 142 valence electrons. The summed E-state index contributed by atoms with van der Waals surface area (Å²) >= 11 is 0. The monoisotopic (exact) mass is 369 g/mol. The zero-order chi connectivity index (χ0) is 19.4. The smallest absolute Gasteiger partial charge is 0.203 e. The van der Waals surface area contributed by atoms with Crippen molar-refractivity contribution in [1.82, 2.24) is 5.32 Å². The van der Waals surface area contributed by atoms with Gasteiger partial charge in [-0.05, 0) is 35.9 Å². The molecule has 1 aromatic rings. The summed E-state index contributed by atoms with van der Waals surface area (Å²) in [5, 5.41) is 3.30. The van der Waals surface area contributed by atoms with E-state index < -0.39 is 0 Å². The van der Waals surface area contributed by atoms with Crippen molar-refractivity contribution in [3.63, 3.8) is 0 Å². The van der Waals surface area contributed by atoms with E-state index in [1.807, 2.05) is 24.4 Å². The summed E-state index contributed by atoms with van der Waals surface area (Å²) < 4.78 is 21.2. The Morgan fingerprint density at radius 1 is 1.04 bits per heavy atom. The van der Waals surface area contributed by atoms with E-state index in [0.29, 0.717) is 22.8 Å². The topological polar surface area (TPSA) is 66.0 Å². The lowest BCUT2D eigenvalue weighted by atomic mass is 9.90. The van der Waals surface area contributed by atoms with Gasteiger partial charge in [0.05, 0.1) is 34.5 Å². The van der Waals surface area contributed by atoms with Crippen molar-refractivity contribution in [3.8, 4) is 17.2 Å². The van der Waals surface area contributed by atoms with Crippen LogP contribution in [-0.4, -0.2) is 40.3 Å². The van der Waals surface area contributed by atoms with Crippen molar-refractivity contribution in [2.45, 2.75) is 6.04 Å².